The Morgan fingerprint density at radius 3 is 2.27 bits per heavy atom. The van der Waals surface area contributed by atoms with Gasteiger partial charge in [0.25, 0.3) is 0 Å². The molecular weight excluding hydrogens is 849 g/mol. The smallest absolute Gasteiger partial charge is 0.155 e. The van der Waals surface area contributed by atoms with E-state index in [0.29, 0.717) is 6.54 Å². The summed E-state index contributed by atoms with van der Waals surface area (Å²) in [5, 5.41) is 5.13. The lowest BCUT2D eigenvalue weighted by Gasteiger charge is -2.20. The Bertz CT molecular complexity index is 3180. The molecule has 5 aromatic rings. The van der Waals surface area contributed by atoms with E-state index in [1.807, 2.05) is 6.08 Å². The van der Waals surface area contributed by atoms with E-state index >= 15 is 0 Å². The Kier molecular flexibility index (Phi) is 16.0. The Morgan fingerprint density at radius 1 is 0.800 bits per heavy atom. The van der Waals surface area contributed by atoms with Crippen molar-refractivity contribution in [3.63, 3.8) is 0 Å². The summed E-state index contributed by atoms with van der Waals surface area (Å²) in [5.74, 6) is 2.00. The van der Waals surface area contributed by atoms with E-state index in [0.717, 1.165) is 60.5 Å². The number of fused-ring (bicyclic) bond motifs is 6. The standard InChI is InChI=1S/C65H64N2O.C2H4/c1-8-14-20-44(10-3)46-27-29-48(30-28-46)47-26-25-43(7)53(32-31-47)42-66-65(45(11-4)19-9-2)67-64(49-21-15-16-22-49)52-34-37-59-61-40-51(35-38-62(61)68-63(59)41-52)50-33-36-58-57-24-18-17-23-56(57)54(12-5)55(13-6)60(58)39-50;1-2/h8-9,11,13-14,17-21,23-41,43,61-62H,6,10,12,15-16,22,42H2,1-5,7H3;1-2H2/b14-8-,19-9-,44-20+,45-11+,66-65?,67-64?;. The second-order valence-electron chi connectivity index (χ2n) is 18.2. The topological polar surface area (TPSA) is 34.0 Å². The van der Waals surface area contributed by atoms with E-state index in [-0.39, 0.29) is 17.9 Å². The number of hydrogen-bond donors (Lipinski definition) is 0. The van der Waals surface area contributed by atoms with Gasteiger partial charge in [0.15, 0.2) is 5.84 Å². The van der Waals surface area contributed by atoms with Gasteiger partial charge in [-0.2, -0.15) is 0 Å². The van der Waals surface area contributed by atoms with E-state index in [4.69, 9.17) is 14.7 Å². The van der Waals surface area contributed by atoms with Crippen LogP contribution in [0.15, 0.2) is 216 Å². The molecule has 70 heavy (non-hydrogen) atoms. The van der Waals surface area contributed by atoms with Crippen molar-refractivity contribution < 1.29 is 4.74 Å². The number of hydrogen-bond acceptors (Lipinski definition) is 2. The van der Waals surface area contributed by atoms with Gasteiger partial charge in [0.2, 0.25) is 0 Å². The second-order valence-corrected chi connectivity index (χ2v) is 18.2. The largest absolute Gasteiger partial charge is 0.485 e. The van der Waals surface area contributed by atoms with Crippen molar-refractivity contribution in [2.45, 2.75) is 85.7 Å². The SMILES string of the molecule is C=C.C=Cc1c(CC)c2ccccc2c2ccc(C3=CC4c5ccc(C(=NC(=NCC6=CC=C(c7ccc(/C(=C/C=C\C)CC)cc7)C=CC6C)C(/C=C\C)=C/C)C6=CCCC6)cc5OC4C=C3)cc12. The van der Waals surface area contributed by atoms with Crippen molar-refractivity contribution in [1.29, 1.82) is 0 Å². The number of benzene rings is 5. The van der Waals surface area contributed by atoms with Crippen LogP contribution in [0.5, 0.6) is 5.75 Å². The Balaban J connectivity index is 0.00000325. The summed E-state index contributed by atoms with van der Waals surface area (Å²) in [6, 6.07) is 31.4. The maximum absolute atomic E-state index is 6.78. The van der Waals surface area contributed by atoms with Gasteiger partial charge >= 0.3 is 0 Å². The van der Waals surface area contributed by atoms with Gasteiger partial charge in [-0.3, -0.25) is 4.99 Å². The van der Waals surface area contributed by atoms with Gasteiger partial charge in [0.05, 0.1) is 12.3 Å². The summed E-state index contributed by atoms with van der Waals surface area (Å²) < 4.78 is 6.78. The predicted molar refractivity (Wildman–Crippen MR) is 306 cm³/mol. The fourth-order valence-corrected chi connectivity index (χ4v) is 10.3. The third kappa shape index (κ3) is 10.2. The highest BCUT2D eigenvalue weighted by Gasteiger charge is 2.34. The third-order valence-electron chi connectivity index (χ3n) is 14.1. The molecule has 1 heterocycles. The maximum Gasteiger partial charge on any atom is 0.155 e. The maximum atomic E-state index is 6.78. The molecule has 3 atom stereocenters. The molecular formula is C67H68N2O. The second kappa shape index (κ2) is 22.8. The molecule has 0 radical (unpaired) electrons. The van der Waals surface area contributed by atoms with Crippen LogP contribution in [0.1, 0.15) is 112 Å². The Labute approximate surface area is 417 Å². The van der Waals surface area contributed by atoms with Crippen LogP contribution in [0.25, 0.3) is 44.3 Å². The molecule has 3 nitrogen and oxygen atoms in total. The van der Waals surface area contributed by atoms with Gasteiger partial charge in [0.1, 0.15) is 11.9 Å². The van der Waals surface area contributed by atoms with E-state index in [1.54, 1.807) is 0 Å². The van der Waals surface area contributed by atoms with Crippen LogP contribution in [0, 0.1) is 5.92 Å². The minimum Gasteiger partial charge on any atom is -0.485 e. The number of aryl methyl sites for hydroxylation is 1. The molecule has 0 fully saturated rings. The molecule has 0 amide bonds. The number of ether oxygens (including phenoxy) is 1. The number of nitrogens with zero attached hydrogens (tertiary/aromatic N) is 2. The number of rotatable bonds is 13. The predicted octanol–water partition coefficient (Wildman–Crippen LogP) is 17.9. The van der Waals surface area contributed by atoms with Gasteiger partial charge in [-0.25, -0.2) is 4.99 Å². The normalized spacial score (nSPS) is 19.3. The average molecular weight is 917 g/mol. The Hall–Kier alpha value is -7.36. The summed E-state index contributed by atoms with van der Waals surface area (Å²) in [6.07, 6.45) is 38.1. The van der Waals surface area contributed by atoms with Gasteiger partial charge < -0.3 is 4.74 Å². The van der Waals surface area contributed by atoms with Crippen molar-refractivity contribution >= 4 is 55.9 Å². The number of allylic oxidation sites excluding steroid dienone is 15. The summed E-state index contributed by atoms with van der Waals surface area (Å²) in [7, 11) is 0. The van der Waals surface area contributed by atoms with Crippen LogP contribution in [0.4, 0.5) is 0 Å². The lowest BCUT2D eigenvalue weighted by atomic mass is 9.84. The molecule has 4 aliphatic rings. The summed E-state index contributed by atoms with van der Waals surface area (Å²) in [5.41, 5.74) is 16.8. The molecule has 0 saturated carbocycles. The molecule has 5 aromatic carbocycles. The van der Waals surface area contributed by atoms with Crippen LogP contribution in [-0.4, -0.2) is 24.2 Å². The molecule has 352 valence electrons. The Morgan fingerprint density at radius 2 is 1.56 bits per heavy atom. The zero-order chi connectivity index (χ0) is 49.1. The van der Waals surface area contributed by atoms with Gasteiger partial charge in [-0.15, -0.1) is 13.2 Å². The van der Waals surface area contributed by atoms with Crippen LogP contribution in [-0.2, 0) is 6.42 Å². The highest BCUT2D eigenvalue weighted by molar-refractivity contribution is 6.20. The highest BCUT2D eigenvalue weighted by atomic mass is 16.5. The van der Waals surface area contributed by atoms with E-state index < -0.39 is 0 Å². The first-order valence-electron chi connectivity index (χ1n) is 25.3. The fraction of sp³-hybridized carbons (Fsp3) is 0.224. The van der Waals surface area contributed by atoms with Gasteiger partial charge in [-0.05, 0) is 154 Å². The highest BCUT2D eigenvalue weighted by Crippen LogP contribution is 2.45. The molecule has 0 N–H and O–H groups in total. The lowest BCUT2D eigenvalue weighted by molar-refractivity contribution is 0.269. The molecule has 0 aromatic heterocycles. The fourth-order valence-electron chi connectivity index (χ4n) is 10.3. The monoisotopic (exact) mass is 917 g/mol. The van der Waals surface area contributed by atoms with Crippen LogP contribution in [0.3, 0.4) is 0 Å². The molecule has 3 heteroatoms. The minimum atomic E-state index is -0.0616. The quantitative estimate of drug-likeness (QED) is 0.0381. The first-order chi connectivity index (χ1) is 34.4. The first-order valence-corrected chi connectivity index (χ1v) is 25.3. The number of aliphatic imine (C=N–C) groups is 2. The average Bonchev–Trinajstić information content (AvgIpc) is 4.03. The molecule has 3 aliphatic carbocycles. The van der Waals surface area contributed by atoms with Crippen LogP contribution >= 0.6 is 0 Å². The molecule has 1 aliphatic heterocycles. The summed E-state index contributed by atoms with van der Waals surface area (Å²) in [4.78, 5) is 10.9. The van der Waals surface area contributed by atoms with E-state index in [1.165, 1.54) is 82.8 Å². The summed E-state index contributed by atoms with van der Waals surface area (Å²) in [6.45, 7) is 23.7. The molecule has 0 bridgehead atoms. The zero-order valence-corrected chi connectivity index (χ0v) is 42.1. The zero-order valence-electron chi connectivity index (χ0n) is 42.1. The van der Waals surface area contributed by atoms with Crippen molar-refractivity contribution in [2.75, 3.05) is 6.54 Å². The van der Waals surface area contributed by atoms with E-state index in [9.17, 15) is 0 Å². The third-order valence-corrected chi connectivity index (χ3v) is 14.1. The number of amidine groups is 1. The van der Waals surface area contributed by atoms with Crippen LogP contribution in [0.2, 0.25) is 0 Å². The van der Waals surface area contributed by atoms with Gasteiger partial charge in [0, 0.05) is 22.6 Å². The van der Waals surface area contributed by atoms with Crippen LogP contribution < -0.4 is 4.74 Å². The summed E-state index contributed by atoms with van der Waals surface area (Å²) >= 11 is 0. The van der Waals surface area contributed by atoms with Crippen molar-refractivity contribution in [1.82, 2.24) is 0 Å². The van der Waals surface area contributed by atoms with Gasteiger partial charge in [-0.1, -0.05) is 185 Å². The first kappa shape index (κ1) is 49.1. The van der Waals surface area contributed by atoms with E-state index in [2.05, 4.69) is 231 Å². The molecule has 3 unspecified atom stereocenters. The van der Waals surface area contributed by atoms with Crippen molar-refractivity contribution in [3.8, 4) is 5.75 Å². The molecule has 0 saturated heterocycles. The van der Waals surface area contributed by atoms with Crippen molar-refractivity contribution in [3.05, 3.63) is 245 Å². The minimum absolute atomic E-state index is 0.0616. The molecule has 9 rings (SSSR count). The van der Waals surface area contributed by atoms with Crippen molar-refractivity contribution in [2.24, 2.45) is 15.9 Å². The molecule has 0 spiro atoms. The lowest BCUT2D eigenvalue weighted by Crippen LogP contribution is -2.16.